The van der Waals surface area contributed by atoms with Crippen molar-refractivity contribution in [1.29, 1.82) is 0 Å². The molecule has 0 spiro atoms. The third-order valence-electron chi connectivity index (χ3n) is 3.00. The average molecular weight is 279 g/mol. The van der Waals surface area contributed by atoms with Crippen LogP contribution in [-0.2, 0) is 6.54 Å². The first-order valence-corrected chi connectivity index (χ1v) is 6.56. The summed E-state index contributed by atoms with van der Waals surface area (Å²) in [4.78, 5) is 0. The van der Waals surface area contributed by atoms with E-state index in [9.17, 15) is 13.2 Å². The van der Waals surface area contributed by atoms with E-state index in [1.165, 1.54) is 0 Å². The van der Waals surface area contributed by atoms with Crippen molar-refractivity contribution in [3.05, 3.63) is 59.4 Å². The highest BCUT2D eigenvalue weighted by atomic mass is 19.2. The summed E-state index contributed by atoms with van der Waals surface area (Å²) < 4.78 is 39.9. The SMILES string of the molecule is CCCNCc1cccc(-c2cc(F)c(F)cc2F)c1. The van der Waals surface area contributed by atoms with Crippen molar-refractivity contribution < 1.29 is 13.2 Å². The van der Waals surface area contributed by atoms with Crippen LogP contribution in [0.2, 0.25) is 0 Å². The second-order valence-corrected chi connectivity index (χ2v) is 4.62. The van der Waals surface area contributed by atoms with Gasteiger partial charge in [-0.25, -0.2) is 13.2 Å². The Labute approximate surface area is 116 Å². The Balaban J connectivity index is 2.29. The molecule has 2 rings (SSSR count). The van der Waals surface area contributed by atoms with E-state index in [2.05, 4.69) is 12.2 Å². The largest absolute Gasteiger partial charge is 0.313 e. The highest BCUT2D eigenvalue weighted by molar-refractivity contribution is 5.65. The maximum atomic E-state index is 13.7. The molecule has 0 amide bonds. The number of rotatable bonds is 5. The van der Waals surface area contributed by atoms with Crippen molar-refractivity contribution in [2.75, 3.05) is 6.54 Å². The molecule has 106 valence electrons. The Morgan fingerprint density at radius 1 is 0.950 bits per heavy atom. The van der Waals surface area contributed by atoms with Gasteiger partial charge in [0.2, 0.25) is 0 Å². The number of halogens is 3. The van der Waals surface area contributed by atoms with E-state index in [0.717, 1.165) is 24.6 Å². The van der Waals surface area contributed by atoms with Crippen LogP contribution in [0, 0.1) is 17.5 Å². The van der Waals surface area contributed by atoms with Gasteiger partial charge in [0.05, 0.1) is 0 Å². The molecule has 1 N–H and O–H groups in total. The zero-order chi connectivity index (χ0) is 14.5. The van der Waals surface area contributed by atoms with Gasteiger partial charge in [-0.15, -0.1) is 0 Å². The van der Waals surface area contributed by atoms with Gasteiger partial charge < -0.3 is 5.32 Å². The van der Waals surface area contributed by atoms with Gasteiger partial charge in [-0.2, -0.15) is 0 Å². The van der Waals surface area contributed by atoms with Gasteiger partial charge in [0.25, 0.3) is 0 Å². The Kier molecular flexibility index (Phi) is 4.79. The van der Waals surface area contributed by atoms with Gasteiger partial charge >= 0.3 is 0 Å². The summed E-state index contributed by atoms with van der Waals surface area (Å²) in [6.07, 6.45) is 1.03. The third kappa shape index (κ3) is 3.39. The molecule has 2 aromatic carbocycles. The molecule has 0 saturated carbocycles. The van der Waals surface area contributed by atoms with Crippen LogP contribution in [0.15, 0.2) is 36.4 Å². The Morgan fingerprint density at radius 2 is 1.70 bits per heavy atom. The molecule has 20 heavy (non-hydrogen) atoms. The van der Waals surface area contributed by atoms with E-state index in [1.54, 1.807) is 18.2 Å². The summed E-state index contributed by atoms with van der Waals surface area (Å²) in [6, 6.07) is 8.61. The molecular weight excluding hydrogens is 263 g/mol. The first-order valence-electron chi connectivity index (χ1n) is 6.56. The molecule has 0 atom stereocenters. The van der Waals surface area contributed by atoms with Crippen molar-refractivity contribution in [3.8, 4) is 11.1 Å². The smallest absolute Gasteiger partial charge is 0.161 e. The molecule has 0 radical (unpaired) electrons. The summed E-state index contributed by atoms with van der Waals surface area (Å²) >= 11 is 0. The van der Waals surface area contributed by atoms with Crippen LogP contribution in [0.3, 0.4) is 0 Å². The standard InChI is InChI=1S/C16H16F3N/c1-2-6-20-10-11-4-3-5-12(7-11)13-8-15(18)16(19)9-14(13)17/h3-5,7-9,20H,2,6,10H2,1H3. The lowest BCUT2D eigenvalue weighted by atomic mass is 10.0. The van der Waals surface area contributed by atoms with E-state index in [0.29, 0.717) is 18.2 Å². The third-order valence-corrected chi connectivity index (χ3v) is 3.00. The number of nitrogens with one attached hydrogen (secondary N) is 1. The number of hydrogen-bond acceptors (Lipinski definition) is 1. The van der Waals surface area contributed by atoms with Crippen molar-refractivity contribution in [2.24, 2.45) is 0 Å². The van der Waals surface area contributed by atoms with Gasteiger partial charge in [0, 0.05) is 18.2 Å². The molecule has 1 nitrogen and oxygen atoms in total. The van der Waals surface area contributed by atoms with Gasteiger partial charge in [0.15, 0.2) is 11.6 Å². The van der Waals surface area contributed by atoms with Crippen molar-refractivity contribution >= 4 is 0 Å². The van der Waals surface area contributed by atoms with Crippen molar-refractivity contribution in [1.82, 2.24) is 5.32 Å². The number of hydrogen-bond donors (Lipinski definition) is 1. The van der Waals surface area contributed by atoms with Crippen LogP contribution >= 0.6 is 0 Å². The minimum absolute atomic E-state index is 0.0706. The summed E-state index contributed by atoms with van der Waals surface area (Å²) in [7, 11) is 0. The van der Waals surface area contributed by atoms with E-state index >= 15 is 0 Å². The molecule has 0 aliphatic carbocycles. The molecule has 0 fully saturated rings. The Morgan fingerprint density at radius 3 is 2.45 bits per heavy atom. The molecule has 4 heteroatoms. The topological polar surface area (TPSA) is 12.0 Å². The lowest BCUT2D eigenvalue weighted by Crippen LogP contribution is -2.13. The first-order chi connectivity index (χ1) is 9.61. The van der Waals surface area contributed by atoms with Crippen LogP contribution in [0.5, 0.6) is 0 Å². The normalized spacial score (nSPS) is 10.8. The van der Waals surface area contributed by atoms with E-state index in [4.69, 9.17) is 0 Å². The minimum Gasteiger partial charge on any atom is -0.313 e. The summed E-state index contributed by atoms with van der Waals surface area (Å²) in [5, 5.41) is 3.24. The molecule has 0 aliphatic heterocycles. The zero-order valence-electron chi connectivity index (χ0n) is 11.2. The molecule has 2 aromatic rings. The lowest BCUT2D eigenvalue weighted by molar-refractivity contribution is 0.496. The van der Waals surface area contributed by atoms with E-state index in [-0.39, 0.29) is 5.56 Å². The molecular formula is C16H16F3N. The molecule has 0 aliphatic rings. The Hall–Kier alpha value is -1.81. The first kappa shape index (κ1) is 14.6. The van der Waals surface area contributed by atoms with Crippen LogP contribution < -0.4 is 5.32 Å². The second kappa shape index (κ2) is 6.57. The summed E-state index contributed by atoms with van der Waals surface area (Å²) in [5.41, 5.74) is 1.58. The van der Waals surface area contributed by atoms with Crippen LogP contribution in [0.4, 0.5) is 13.2 Å². The molecule has 0 unspecified atom stereocenters. The highest BCUT2D eigenvalue weighted by Crippen LogP contribution is 2.25. The van der Waals surface area contributed by atoms with E-state index < -0.39 is 17.5 Å². The fourth-order valence-corrected chi connectivity index (χ4v) is 2.00. The number of benzene rings is 2. The van der Waals surface area contributed by atoms with Gasteiger partial charge in [-0.05, 0) is 36.2 Å². The van der Waals surface area contributed by atoms with Crippen LogP contribution in [0.25, 0.3) is 11.1 Å². The second-order valence-electron chi connectivity index (χ2n) is 4.62. The predicted molar refractivity (Wildman–Crippen MR) is 73.7 cm³/mol. The van der Waals surface area contributed by atoms with Crippen LogP contribution in [0.1, 0.15) is 18.9 Å². The van der Waals surface area contributed by atoms with Crippen molar-refractivity contribution in [2.45, 2.75) is 19.9 Å². The zero-order valence-corrected chi connectivity index (χ0v) is 11.2. The molecule has 0 saturated heterocycles. The highest BCUT2D eigenvalue weighted by Gasteiger charge is 2.11. The molecule has 0 heterocycles. The quantitative estimate of drug-likeness (QED) is 0.636. The maximum absolute atomic E-state index is 13.7. The lowest BCUT2D eigenvalue weighted by Gasteiger charge is -2.08. The fraction of sp³-hybridized carbons (Fsp3) is 0.250. The molecule has 0 aromatic heterocycles. The average Bonchev–Trinajstić information content (AvgIpc) is 2.43. The molecule has 0 bridgehead atoms. The van der Waals surface area contributed by atoms with Crippen molar-refractivity contribution in [3.63, 3.8) is 0 Å². The summed E-state index contributed by atoms with van der Waals surface area (Å²) in [5.74, 6) is -2.98. The predicted octanol–water partition coefficient (Wildman–Crippen LogP) is 4.27. The summed E-state index contributed by atoms with van der Waals surface area (Å²) in [6.45, 7) is 3.62. The fourth-order valence-electron chi connectivity index (χ4n) is 2.00. The minimum atomic E-state index is -1.17. The van der Waals surface area contributed by atoms with Gasteiger partial charge in [-0.3, -0.25) is 0 Å². The van der Waals surface area contributed by atoms with Gasteiger partial charge in [0.1, 0.15) is 5.82 Å². The Bertz CT molecular complexity index is 596. The maximum Gasteiger partial charge on any atom is 0.161 e. The monoisotopic (exact) mass is 279 g/mol. The van der Waals surface area contributed by atoms with Gasteiger partial charge in [-0.1, -0.05) is 25.1 Å². The van der Waals surface area contributed by atoms with Crippen LogP contribution in [-0.4, -0.2) is 6.54 Å². The van der Waals surface area contributed by atoms with E-state index in [1.807, 2.05) is 6.07 Å².